The largest absolute Gasteiger partial charge is 0.378 e. The summed E-state index contributed by atoms with van der Waals surface area (Å²) in [6.45, 7) is 4.83. The molecule has 1 aliphatic heterocycles. The van der Waals surface area contributed by atoms with E-state index in [0.29, 0.717) is 22.1 Å². The molecule has 2 atom stereocenters. The van der Waals surface area contributed by atoms with E-state index in [1.807, 2.05) is 18.2 Å². The van der Waals surface area contributed by atoms with Gasteiger partial charge < -0.3 is 10.1 Å². The van der Waals surface area contributed by atoms with E-state index in [4.69, 9.17) is 27.9 Å². The van der Waals surface area contributed by atoms with Gasteiger partial charge in [0, 0.05) is 19.7 Å². The highest BCUT2D eigenvalue weighted by atomic mass is 35.5. The van der Waals surface area contributed by atoms with Crippen molar-refractivity contribution in [2.45, 2.75) is 26.0 Å². The van der Waals surface area contributed by atoms with Crippen LogP contribution in [0.15, 0.2) is 18.2 Å². The van der Waals surface area contributed by atoms with Crippen LogP contribution in [0.1, 0.15) is 18.9 Å². The zero-order valence-corrected chi connectivity index (χ0v) is 11.4. The number of rotatable bonds is 4. The maximum atomic E-state index is 5.96. The number of ether oxygens (including phenoxy) is 1. The molecule has 1 N–H and O–H groups in total. The minimum Gasteiger partial charge on any atom is -0.378 e. The van der Waals surface area contributed by atoms with Crippen LogP contribution in [0.3, 0.4) is 0 Å². The molecule has 0 aliphatic carbocycles. The van der Waals surface area contributed by atoms with Gasteiger partial charge in [-0.1, -0.05) is 29.3 Å². The van der Waals surface area contributed by atoms with Crippen LogP contribution in [0.25, 0.3) is 0 Å². The first-order chi connectivity index (χ1) is 8.16. The first kappa shape index (κ1) is 13.2. The summed E-state index contributed by atoms with van der Waals surface area (Å²) < 4.78 is 5.52. The number of hydrogen-bond donors (Lipinski definition) is 1. The van der Waals surface area contributed by atoms with E-state index in [0.717, 1.165) is 31.7 Å². The third-order valence-corrected chi connectivity index (χ3v) is 3.99. The third-order valence-electron chi connectivity index (χ3n) is 3.25. The quantitative estimate of drug-likeness (QED) is 0.907. The fourth-order valence-electron chi connectivity index (χ4n) is 2.10. The van der Waals surface area contributed by atoms with Crippen molar-refractivity contribution in [2.24, 2.45) is 5.92 Å². The Hall–Kier alpha value is -0.280. The van der Waals surface area contributed by atoms with E-state index in [1.54, 1.807) is 0 Å². The summed E-state index contributed by atoms with van der Waals surface area (Å²) in [4.78, 5) is 0. The molecule has 1 aliphatic rings. The van der Waals surface area contributed by atoms with Crippen molar-refractivity contribution >= 4 is 23.2 Å². The number of nitrogens with one attached hydrogen (secondary N) is 1. The van der Waals surface area contributed by atoms with Crippen molar-refractivity contribution < 1.29 is 4.74 Å². The van der Waals surface area contributed by atoms with Gasteiger partial charge in [-0.15, -0.1) is 0 Å². The second-order valence-corrected chi connectivity index (χ2v) is 5.32. The Morgan fingerprint density at radius 1 is 1.35 bits per heavy atom. The molecule has 1 saturated heterocycles. The van der Waals surface area contributed by atoms with Crippen molar-refractivity contribution in [3.05, 3.63) is 33.8 Å². The number of halogens is 2. The van der Waals surface area contributed by atoms with E-state index in [-0.39, 0.29) is 0 Å². The summed E-state index contributed by atoms with van der Waals surface area (Å²) in [5.41, 5.74) is 1.16. The maximum Gasteiger partial charge on any atom is 0.0595 e. The minimum absolute atomic E-state index is 0.372. The minimum atomic E-state index is 0.372. The predicted octanol–water partition coefficient (Wildman–Crippen LogP) is 3.51. The predicted molar refractivity (Wildman–Crippen MR) is 71.7 cm³/mol. The lowest BCUT2D eigenvalue weighted by Crippen LogP contribution is -2.26. The Morgan fingerprint density at radius 3 is 2.82 bits per heavy atom. The molecule has 1 aromatic carbocycles. The first-order valence-electron chi connectivity index (χ1n) is 5.93. The Morgan fingerprint density at radius 2 is 2.18 bits per heavy atom. The third kappa shape index (κ3) is 3.59. The van der Waals surface area contributed by atoms with Gasteiger partial charge in [-0.25, -0.2) is 0 Å². The molecule has 0 spiro atoms. The molecule has 0 amide bonds. The molecule has 0 radical (unpaired) electrons. The van der Waals surface area contributed by atoms with Gasteiger partial charge in [-0.2, -0.15) is 0 Å². The fourth-order valence-corrected chi connectivity index (χ4v) is 2.42. The molecule has 2 nitrogen and oxygen atoms in total. The zero-order valence-electron chi connectivity index (χ0n) is 9.88. The van der Waals surface area contributed by atoms with Crippen molar-refractivity contribution in [1.82, 2.24) is 5.32 Å². The van der Waals surface area contributed by atoms with Gasteiger partial charge in [-0.05, 0) is 37.0 Å². The second-order valence-electron chi connectivity index (χ2n) is 4.50. The van der Waals surface area contributed by atoms with Crippen molar-refractivity contribution in [1.29, 1.82) is 0 Å². The molecule has 2 rings (SSSR count). The molecule has 2 unspecified atom stereocenters. The molecule has 4 heteroatoms. The van der Waals surface area contributed by atoms with Crippen LogP contribution in [0, 0.1) is 5.92 Å². The Kier molecular flexibility index (Phi) is 4.69. The Balaban J connectivity index is 1.79. The van der Waals surface area contributed by atoms with E-state index in [1.165, 1.54) is 0 Å². The second kappa shape index (κ2) is 6.05. The van der Waals surface area contributed by atoms with Crippen molar-refractivity contribution in [3.8, 4) is 0 Å². The number of hydrogen-bond acceptors (Lipinski definition) is 2. The van der Waals surface area contributed by atoms with Gasteiger partial charge >= 0.3 is 0 Å². The molecule has 1 aromatic rings. The van der Waals surface area contributed by atoms with E-state index < -0.39 is 0 Å². The molecule has 0 aromatic heterocycles. The summed E-state index contributed by atoms with van der Waals surface area (Å²) >= 11 is 11.8. The smallest absolute Gasteiger partial charge is 0.0595 e. The van der Waals surface area contributed by atoms with Gasteiger partial charge in [0.15, 0.2) is 0 Å². The van der Waals surface area contributed by atoms with Crippen LogP contribution in [-0.2, 0) is 11.3 Å². The lowest BCUT2D eigenvalue weighted by atomic mass is 10.0. The Bertz CT molecular complexity index is 384. The maximum absolute atomic E-state index is 5.96. The highest BCUT2D eigenvalue weighted by Gasteiger charge is 2.23. The SMILES string of the molecule is CC1OCCC1CNCc1ccc(Cl)c(Cl)c1. The topological polar surface area (TPSA) is 21.3 Å². The molecule has 1 heterocycles. The lowest BCUT2D eigenvalue weighted by molar-refractivity contribution is 0.105. The normalized spacial score (nSPS) is 24.2. The van der Waals surface area contributed by atoms with Crippen LogP contribution in [0.4, 0.5) is 0 Å². The summed E-state index contributed by atoms with van der Waals surface area (Å²) in [6, 6.07) is 5.74. The highest BCUT2D eigenvalue weighted by Crippen LogP contribution is 2.23. The number of benzene rings is 1. The van der Waals surface area contributed by atoms with Crippen molar-refractivity contribution in [3.63, 3.8) is 0 Å². The van der Waals surface area contributed by atoms with Gasteiger partial charge in [0.1, 0.15) is 0 Å². The van der Waals surface area contributed by atoms with Crippen LogP contribution in [0.2, 0.25) is 10.0 Å². The molecular weight excluding hydrogens is 257 g/mol. The summed E-state index contributed by atoms with van der Waals surface area (Å²) in [6.07, 6.45) is 1.52. The molecule has 17 heavy (non-hydrogen) atoms. The van der Waals surface area contributed by atoms with E-state index >= 15 is 0 Å². The van der Waals surface area contributed by atoms with E-state index in [2.05, 4.69) is 12.2 Å². The fraction of sp³-hybridized carbons (Fsp3) is 0.538. The summed E-state index contributed by atoms with van der Waals surface area (Å²) in [5.74, 6) is 0.623. The summed E-state index contributed by atoms with van der Waals surface area (Å²) in [5, 5.41) is 4.66. The average molecular weight is 274 g/mol. The molecule has 1 fully saturated rings. The molecule has 0 saturated carbocycles. The average Bonchev–Trinajstić information content (AvgIpc) is 2.70. The first-order valence-corrected chi connectivity index (χ1v) is 6.68. The van der Waals surface area contributed by atoms with Crippen LogP contribution < -0.4 is 5.32 Å². The Labute approximate surface area is 112 Å². The molecular formula is C13H17Cl2NO. The molecule has 94 valence electrons. The monoisotopic (exact) mass is 273 g/mol. The zero-order chi connectivity index (χ0) is 12.3. The highest BCUT2D eigenvalue weighted by molar-refractivity contribution is 6.42. The van der Waals surface area contributed by atoms with Crippen molar-refractivity contribution in [2.75, 3.05) is 13.2 Å². The van der Waals surface area contributed by atoms with Crippen LogP contribution in [-0.4, -0.2) is 19.3 Å². The van der Waals surface area contributed by atoms with Gasteiger partial charge in [-0.3, -0.25) is 0 Å². The summed E-state index contributed by atoms with van der Waals surface area (Å²) in [7, 11) is 0. The van der Waals surface area contributed by atoms with Gasteiger partial charge in [0.25, 0.3) is 0 Å². The standard InChI is InChI=1S/C13H17Cl2NO/c1-9-11(4-5-17-9)8-16-7-10-2-3-12(14)13(15)6-10/h2-3,6,9,11,16H,4-5,7-8H2,1H3. The van der Waals surface area contributed by atoms with Gasteiger partial charge in [0.2, 0.25) is 0 Å². The van der Waals surface area contributed by atoms with Gasteiger partial charge in [0.05, 0.1) is 16.1 Å². The lowest BCUT2D eigenvalue weighted by Gasteiger charge is -2.14. The molecule has 0 bridgehead atoms. The van der Waals surface area contributed by atoms with Crippen LogP contribution >= 0.6 is 23.2 Å². The van der Waals surface area contributed by atoms with Crippen LogP contribution in [0.5, 0.6) is 0 Å². The van der Waals surface area contributed by atoms with E-state index in [9.17, 15) is 0 Å².